The summed E-state index contributed by atoms with van der Waals surface area (Å²) in [5, 5.41) is 3.22. The quantitative estimate of drug-likeness (QED) is 0.664. The maximum Gasteiger partial charge on any atom is 0.251 e. The molecule has 0 bridgehead atoms. The maximum atomic E-state index is 12.1. The van der Waals surface area contributed by atoms with Crippen molar-refractivity contribution < 1.29 is 9.53 Å². The fraction of sp³-hybridized carbons (Fsp3) is 0.316. The molecule has 6 nitrogen and oxygen atoms in total. The Labute approximate surface area is 166 Å². The van der Waals surface area contributed by atoms with Crippen LogP contribution >= 0.6 is 22.9 Å². The number of anilines is 1. The Bertz CT molecular complexity index is 942. The fourth-order valence-electron chi connectivity index (χ4n) is 3.04. The van der Waals surface area contributed by atoms with Gasteiger partial charge in [0.1, 0.15) is 0 Å². The monoisotopic (exact) mass is 402 g/mol. The molecule has 0 unspecified atom stereocenters. The Morgan fingerprint density at radius 2 is 2.00 bits per heavy atom. The number of carbonyl (C=O) groups excluding carboxylic acids is 1. The molecule has 140 valence electrons. The second-order valence-corrected chi connectivity index (χ2v) is 7.69. The van der Waals surface area contributed by atoms with Gasteiger partial charge < -0.3 is 15.0 Å². The molecular weight excluding hydrogens is 384 g/mol. The van der Waals surface area contributed by atoms with E-state index in [1.165, 1.54) is 0 Å². The first-order valence-electron chi connectivity index (χ1n) is 8.82. The Kier molecular flexibility index (Phi) is 5.52. The third-order valence-electron chi connectivity index (χ3n) is 4.38. The molecule has 0 radical (unpaired) electrons. The summed E-state index contributed by atoms with van der Waals surface area (Å²) in [6, 6.07) is 11.3. The van der Waals surface area contributed by atoms with E-state index in [9.17, 15) is 4.79 Å². The number of halogens is 1. The number of amides is 1. The van der Waals surface area contributed by atoms with E-state index < -0.39 is 0 Å². The Morgan fingerprint density at radius 1 is 1.22 bits per heavy atom. The molecule has 3 heterocycles. The highest BCUT2D eigenvalue weighted by Crippen LogP contribution is 2.33. The highest BCUT2D eigenvalue weighted by Gasteiger charge is 2.19. The molecule has 0 spiro atoms. The molecule has 0 atom stereocenters. The molecule has 2 aromatic heterocycles. The van der Waals surface area contributed by atoms with Crippen LogP contribution in [0.25, 0.3) is 10.2 Å². The van der Waals surface area contributed by atoms with E-state index in [2.05, 4.69) is 20.2 Å². The Hall–Kier alpha value is -2.22. The molecule has 27 heavy (non-hydrogen) atoms. The van der Waals surface area contributed by atoms with Gasteiger partial charge in [0, 0.05) is 30.1 Å². The van der Waals surface area contributed by atoms with E-state index in [4.69, 9.17) is 16.3 Å². The van der Waals surface area contributed by atoms with Crippen LogP contribution in [0.2, 0.25) is 5.28 Å². The third-order valence-corrected chi connectivity index (χ3v) is 5.73. The molecule has 1 saturated heterocycles. The summed E-state index contributed by atoms with van der Waals surface area (Å²) in [6.07, 6.45) is 0.736. The lowest BCUT2D eigenvalue weighted by Crippen LogP contribution is -2.36. The molecular formula is C19H19ClN4O2S. The van der Waals surface area contributed by atoms with Crippen LogP contribution in [-0.4, -0.2) is 48.7 Å². The molecule has 1 aliphatic rings. The number of aromatic nitrogens is 2. The zero-order valence-corrected chi connectivity index (χ0v) is 16.2. The van der Waals surface area contributed by atoms with Crippen molar-refractivity contribution in [2.45, 2.75) is 6.42 Å². The highest BCUT2D eigenvalue weighted by molar-refractivity contribution is 7.19. The number of nitrogens with one attached hydrogen (secondary N) is 1. The Morgan fingerprint density at radius 3 is 2.78 bits per heavy atom. The molecule has 1 fully saturated rings. The summed E-state index contributed by atoms with van der Waals surface area (Å²) in [6.45, 7) is 3.53. The summed E-state index contributed by atoms with van der Waals surface area (Å²) in [7, 11) is 0. The first kappa shape index (κ1) is 18.2. The number of rotatable bonds is 5. The first-order valence-corrected chi connectivity index (χ1v) is 10.0. The van der Waals surface area contributed by atoms with Crippen molar-refractivity contribution in [2.24, 2.45) is 0 Å². The summed E-state index contributed by atoms with van der Waals surface area (Å²) >= 11 is 7.79. The molecule has 3 aromatic rings. The largest absolute Gasteiger partial charge is 0.378 e. The summed E-state index contributed by atoms with van der Waals surface area (Å²) < 4.78 is 6.46. The van der Waals surface area contributed by atoms with E-state index in [1.54, 1.807) is 23.5 Å². The van der Waals surface area contributed by atoms with Crippen molar-refractivity contribution in [1.29, 1.82) is 0 Å². The lowest BCUT2D eigenvalue weighted by Gasteiger charge is -2.28. The zero-order chi connectivity index (χ0) is 18.6. The SMILES string of the molecule is O=C(NCCc1cc2nc(Cl)nc(N3CCOCC3)c2s1)c1ccccc1. The van der Waals surface area contributed by atoms with Gasteiger partial charge in [-0.25, -0.2) is 4.98 Å². The first-order chi connectivity index (χ1) is 13.2. The fourth-order valence-corrected chi connectivity index (χ4v) is 4.32. The van der Waals surface area contributed by atoms with Crippen LogP contribution in [0.1, 0.15) is 15.2 Å². The summed E-state index contributed by atoms with van der Waals surface area (Å²) in [5.74, 6) is 0.812. The smallest absolute Gasteiger partial charge is 0.251 e. The summed E-state index contributed by atoms with van der Waals surface area (Å²) in [5.41, 5.74) is 1.52. The normalized spacial score (nSPS) is 14.5. The molecule has 8 heteroatoms. The van der Waals surface area contributed by atoms with Gasteiger partial charge in [0.05, 0.1) is 23.4 Å². The summed E-state index contributed by atoms with van der Waals surface area (Å²) in [4.78, 5) is 24.3. The van der Waals surface area contributed by atoms with Gasteiger partial charge in [-0.1, -0.05) is 18.2 Å². The molecule has 1 N–H and O–H groups in total. The predicted molar refractivity (Wildman–Crippen MR) is 108 cm³/mol. The van der Waals surface area contributed by atoms with Crippen molar-refractivity contribution >= 4 is 44.9 Å². The number of benzene rings is 1. The number of morpholine rings is 1. The van der Waals surface area contributed by atoms with Crippen LogP contribution in [0.5, 0.6) is 0 Å². The van der Waals surface area contributed by atoms with E-state index >= 15 is 0 Å². The van der Waals surface area contributed by atoms with Gasteiger partial charge in [0.15, 0.2) is 5.82 Å². The van der Waals surface area contributed by atoms with Gasteiger partial charge >= 0.3 is 0 Å². The van der Waals surface area contributed by atoms with Crippen LogP contribution in [0.15, 0.2) is 36.4 Å². The van der Waals surface area contributed by atoms with Crippen molar-refractivity contribution in [2.75, 3.05) is 37.7 Å². The predicted octanol–water partition coefficient (Wildman–Crippen LogP) is 3.15. The van der Waals surface area contributed by atoms with E-state index in [0.29, 0.717) is 25.3 Å². The highest BCUT2D eigenvalue weighted by atomic mass is 35.5. The minimum absolute atomic E-state index is 0.0615. The van der Waals surface area contributed by atoms with Gasteiger partial charge in [-0.2, -0.15) is 4.98 Å². The minimum Gasteiger partial charge on any atom is -0.378 e. The van der Waals surface area contributed by atoms with Gasteiger partial charge in [0.2, 0.25) is 5.28 Å². The van der Waals surface area contributed by atoms with Crippen LogP contribution in [0.3, 0.4) is 0 Å². The average Bonchev–Trinajstić information content (AvgIpc) is 3.11. The van der Waals surface area contributed by atoms with Crippen molar-refractivity contribution in [3.63, 3.8) is 0 Å². The third kappa shape index (κ3) is 4.21. The van der Waals surface area contributed by atoms with Crippen LogP contribution in [0.4, 0.5) is 5.82 Å². The van der Waals surface area contributed by atoms with Crippen LogP contribution in [0, 0.1) is 0 Å². The lowest BCUT2D eigenvalue weighted by molar-refractivity contribution is 0.0954. The maximum absolute atomic E-state index is 12.1. The number of hydrogen-bond donors (Lipinski definition) is 1. The van der Waals surface area contributed by atoms with E-state index in [0.717, 1.165) is 40.4 Å². The van der Waals surface area contributed by atoms with E-state index in [1.807, 2.05) is 24.3 Å². The zero-order valence-electron chi connectivity index (χ0n) is 14.7. The van der Waals surface area contributed by atoms with Gasteiger partial charge in [-0.05, 0) is 36.2 Å². The number of ether oxygens (including phenoxy) is 1. The number of carbonyl (C=O) groups is 1. The molecule has 4 rings (SSSR count). The molecule has 1 aliphatic heterocycles. The standard InChI is InChI=1S/C19H19ClN4O2S/c20-19-22-15-12-14(6-7-21-18(25)13-4-2-1-3-5-13)27-16(15)17(23-19)24-8-10-26-11-9-24/h1-5,12H,6-11H2,(H,21,25). The molecule has 0 saturated carbocycles. The van der Waals surface area contributed by atoms with Gasteiger partial charge in [-0.3, -0.25) is 4.79 Å². The number of nitrogens with zero attached hydrogens (tertiary/aromatic N) is 3. The number of thiophene rings is 1. The number of fused-ring (bicyclic) bond motifs is 1. The molecule has 0 aliphatic carbocycles. The van der Waals surface area contributed by atoms with Crippen LogP contribution in [-0.2, 0) is 11.2 Å². The second-order valence-electron chi connectivity index (χ2n) is 6.21. The van der Waals surface area contributed by atoms with E-state index in [-0.39, 0.29) is 11.2 Å². The molecule has 1 aromatic carbocycles. The lowest BCUT2D eigenvalue weighted by atomic mass is 10.2. The van der Waals surface area contributed by atoms with Gasteiger partial charge in [-0.15, -0.1) is 11.3 Å². The molecule has 1 amide bonds. The van der Waals surface area contributed by atoms with Crippen molar-refractivity contribution in [3.8, 4) is 0 Å². The topological polar surface area (TPSA) is 67.4 Å². The Balaban J connectivity index is 1.47. The van der Waals surface area contributed by atoms with Crippen LogP contribution < -0.4 is 10.2 Å². The van der Waals surface area contributed by atoms with Crippen molar-refractivity contribution in [3.05, 3.63) is 52.1 Å². The van der Waals surface area contributed by atoms with Crippen molar-refractivity contribution in [1.82, 2.24) is 15.3 Å². The number of hydrogen-bond acceptors (Lipinski definition) is 6. The minimum atomic E-state index is -0.0615. The van der Waals surface area contributed by atoms with Gasteiger partial charge in [0.25, 0.3) is 5.91 Å². The average molecular weight is 403 g/mol. The second kappa shape index (κ2) is 8.21.